The summed E-state index contributed by atoms with van der Waals surface area (Å²) in [5, 5.41) is 9.77. The highest BCUT2D eigenvalue weighted by atomic mass is 32.2. The molecule has 1 aliphatic heterocycles. The summed E-state index contributed by atoms with van der Waals surface area (Å²) >= 11 is 0. The Labute approximate surface area is 117 Å². The molecule has 1 aliphatic rings. The van der Waals surface area contributed by atoms with Crippen LogP contribution >= 0.6 is 0 Å². The van der Waals surface area contributed by atoms with Crippen molar-refractivity contribution < 1.29 is 13.5 Å². The van der Waals surface area contributed by atoms with Crippen LogP contribution in [0.3, 0.4) is 0 Å². The van der Waals surface area contributed by atoms with E-state index in [2.05, 4.69) is 11.8 Å². The molecule has 0 atom stereocenters. The van der Waals surface area contributed by atoms with Crippen molar-refractivity contribution in [2.75, 3.05) is 38.5 Å². The van der Waals surface area contributed by atoms with E-state index >= 15 is 0 Å². The van der Waals surface area contributed by atoms with Gasteiger partial charge in [-0.25, -0.2) is 8.42 Å². The second kappa shape index (κ2) is 7.02. The van der Waals surface area contributed by atoms with Gasteiger partial charge in [-0.2, -0.15) is 4.31 Å². The van der Waals surface area contributed by atoms with E-state index in [1.165, 1.54) is 0 Å². The van der Waals surface area contributed by atoms with E-state index in [0.717, 1.165) is 19.3 Å². The first-order chi connectivity index (χ1) is 8.74. The molecule has 1 N–H and O–H groups in total. The summed E-state index contributed by atoms with van der Waals surface area (Å²) in [4.78, 5) is 2.12. The standard InChI is InChI=1S/C13H28N2O3S/c1-4-5-6-11-19(17,18)15-9-7-14(8-10-15)12-13(2,3)16/h16H,4-12H2,1-3H3. The second-order valence-electron chi connectivity index (χ2n) is 6.01. The van der Waals surface area contributed by atoms with Crippen LogP contribution in [-0.2, 0) is 10.0 Å². The molecule has 1 fully saturated rings. The predicted octanol–water partition coefficient (Wildman–Crippen LogP) is 0.895. The molecule has 6 heteroatoms. The van der Waals surface area contributed by atoms with Crippen LogP contribution < -0.4 is 0 Å². The SMILES string of the molecule is CCCCCS(=O)(=O)N1CCN(CC(C)(C)O)CC1. The van der Waals surface area contributed by atoms with Gasteiger partial charge in [-0.3, -0.25) is 4.90 Å². The highest BCUT2D eigenvalue weighted by Gasteiger charge is 2.28. The van der Waals surface area contributed by atoms with Gasteiger partial charge in [-0.1, -0.05) is 19.8 Å². The van der Waals surface area contributed by atoms with Crippen molar-refractivity contribution in [1.82, 2.24) is 9.21 Å². The van der Waals surface area contributed by atoms with Crippen molar-refractivity contribution in [2.45, 2.75) is 45.6 Å². The average Bonchev–Trinajstić information content (AvgIpc) is 2.27. The van der Waals surface area contributed by atoms with Gasteiger partial charge in [0.05, 0.1) is 11.4 Å². The Hall–Kier alpha value is -0.170. The van der Waals surface area contributed by atoms with Crippen LogP contribution in [0.5, 0.6) is 0 Å². The summed E-state index contributed by atoms with van der Waals surface area (Å²) in [6, 6.07) is 0. The van der Waals surface area contributed by atoms with E-state index in [1.807, 2.05) is 0 Å². The molecule has 0 aliphatic carbocycles. The second-order valence-corrected chi connectivity index (χ2v) is 8.10. The molecule has 0 spiro atoms. The maximum atomic E-state index is 12.1. The lowest BCUT2D eigenvalue weighted by atomic mass is 10.1. The summed E-state index contributed by atoms with van der Waals surface area (Å²) in [6.45, 7) is 8.73. The number of sulfonamides is 1. The highest BCUT2D eigenvalue weighted by molar-refractivity contribution is 7.89. The molecule has 0 aromatic carbocycles. The molecule has 0 saturated carbocycles. The Kier molecular flexibility index (Phi) is 6.23. The first kappa shape index (κ1) is 16.9. The lowest BCUT2D eigenvalue weighted by molar-refractivity contribution is 0.0263. The van der Waals surface area contributed by atoms with Crippen LogP contribution in [0.2, 0.25) is 0 Å². The topological polar surface area (TPSA) is 60.9 Å². The fraction of sp³-hybridized carbons (Fsp3) is 1.00. The van der Waals surface area contributed by atoms with Crippen LogP contribution in [0.25, 0.3) is 0 Å². The maximum Gasteiger partial charge on any atom is 0.214 e. The first-order valence-corrected chi connectivity index (χ1v) is 8.78. The summed E-state index contributed by atoms with van der Waals surface area (Å²) in [6.07, 6.45) is 2.76. The molecule has 0 radical (unpaired) electrons. The van der Waals surface area contributed by atoms with Crippen LogP contribution in [0.1, 0.15) is 40.0 Å². The van der Waals surface area contributed by atoms with Gasteiger partial charge in [0, 0.05) is 32.7 Å². The normalized spacial score (nSPS) is 19.8. The molecular weight excluding hydrogens is 264 g/mol. The molecule has 0 aromatic heterocycles. The van der Waals surface area contributed by atoms with Crippen molar-refractivity contribution in [1.29, 1.82) is 0 Å². The zero-order valence-corrected chi connectivity index (χ0v) is 13.2. The van der Waals surface area contributed by atoms with Gasteiger partial charge in [0.25, 0.3) is 0 Å². The highest BCUT2D eigenvalue weighted by Crippen LogP contribution is 2.13. The minimum atomic E-state index is -3.08. The molecule has 114 valence electrons. The number of β-amino-alcohol motifs (C(OH)–C–C–N with tert-alkyl or cyclic N) is 1. The van der Waals surface area contributed by atoms with Gasteiger partial charge in [0.1, 0.15) is 0 Å². The Bertz CT molecular complexity index is 355. The van der Waals surface area contributed by atoms with Crippen molar-refractivity contribution in [3.05, 3.63) is 0 Å². The third kappa shape index (κ3) is 6.21. The number of rotatable bonds is 7. The van der Waals surface area contributed by atoms with E-state index in [9.17, 15) is 13.5 Å². The van der Waals surface area contributed by atoms with Gasteiger partial charge in [0.15, 0.2) is 0 Å². The minimum Gasteiger partial charge on any atom is -0.389 e. The molecule has 0 unspecified atom stereocenters. The molecule has 19 heavy (non-hydrogen) atoms. The van der Waals surface area contributed by atoms with E-state index in [1.54, 1.807) is 18.2 Å². The number of nitrogens with zero attached hydrogens (tertiary/aromatic N) is 2. The molecular formula is C13H28N2O3S. The van der Waals surface area contributed by atoms with Crippen LogP contribution in [0.4, 0.5) is 0 Å². The molecule has 5 nitrogen and oxygen atoms in total. The average molecular weight is 292 g/mol. The van der Waals surface area contributed by atoms with E-state index in [-0.39, 0.29) is 5.75 Å². The number of piperazine rings is 1. The number of aliphatic hydroxyl groups is 1. The summed E-state index contributed by atoms with van der Waals surface area (Å²) in [5.41, 5.74) is -0.720. The fourth-order valence-electron chi connectivity index (χ4n) is 2.38. The maximum absolute atomic E-state index is 12.1. The van der Waals surface area contributed by atoms with E-state index < -0.39 is 15.6 Å². The van der Waals surface area contributed by atoms with Gasteiger partial charge in [0.2, 0.25) is 10.0 Å². The van der Waals surface area contributed by atoms with Gasteiger partial charge in [-0.05, 0) is 20.3 Å². The Balaban J connectivity index is 2.40. The van der Waals surface area contributed by atoms with Gasteiger partial charge in [-0.15, -0.1) is 0 Å². The van der Waals surface area contributed by atoms with Crippen LogP contribution in [0, 0.1) is 0 Å². The van der Waals surface area contributed by atoms with E-state index in [4.69, 9.17) is 0 Å². The molecule has 1 saturated heterocycles. The Morgan fingerprint density at radius 3 is 2.16 bits per heavy atom. The van der Waals surface area contributed by atoms with Crippen LogP contribution in [0.15, 0.2) is 0 Å². The third-order valence-corrected chi connectivity index (χ3v) is 5.30. The Morgan fingerprint density at radius 1 is 1.11 bits per heavy atom. The lowest BCUT2D eigenvalue weighted by Gasteiger charge is -2.36. The number of hydrogen-bond donors (Lipinski definition) is 1. The van der Waals surface area contributed by atoms with Crippen molar-refractivity contribution in [3.8, 4) is 0 Å². The predicted molar refractivity (Wildman–Crippen MR) is 77.6 cm³/mol. The summed E-state index contributed by atoms with van der Waals surface area (Å²) < 4.78 is 25.8. The Morgan fingerprint density at radius 2 is 1.68 bits per heavy atom. The summed E-state index contributed by atoms with van der Waals surface area (Å²) in [5.74, 6) is 0.270. The van der Waals surface area contributed by atoms with Crippen molar-refractivity contribution in [3.63, 3.8) is 0 Å². The lowest BCUT2D eigenvalue weighted by Crippen LogP contribution is -2.52. The summed E-state index contributed by atoms with van der Waals surface area (Å²) in [7, 11) is -3.08. The quantitative estimate of drug-likeness (QED) is 0.708. The first-order valence-electron chi connectivity index (χ1n) is 7.17. The molecule has 0 aromatic rings. The largest absolute Gasteiger partial charge is 0.389 e. The monoisotopic (exact) mass is 292 g/mol. The minimum absolute atomic E-state index is 0.270. The zero-order valence-electron chi connectivity index (χ0n) is 12.4. The molecule has 1 rings (SSSR count). The van der Waals surface area contributed by atoms with Crippen molar-refractivity contribution >= 4 is 10.0 Å². The van der Waals surface area contributed by atoms with Crippen LogP contribution in [-0.4, -0.2) is 66.8 Å². The molecule has 1 heterocycles. The zero-order chi connectivity index (χ0) is 14.5. The van der Waals surface area contributed by atoms with E-state index in [0.29, 0.717) is 32.7 Å². The molecule has 0 bridgehead atoms. The van der Waals surface area contributed by atoms with Gasteiger partial charge >= 0.3 is 0 Å². The number of hydrogen-bond acceptors (Lipinski definition) is 4. The molecule has 0 amide bonds. The number of unbranched alkanes of at least 4 members (excludes halogenated alkanes) is 2. The fourth-order valence-corrected chi connectivity index (χ4v) is 3.92. The van der Waals surface area contributed by atoms with Gasteiger partial charge < -0.3 is 5.11 Å². The third-order valence-electron chi connectivity index (χ3n) is 3.34. The van der Waals surface area contributed by atoms with Crippen molar-refractivity contribution in [2.24, 2.45) is 0 Å². The smallest absolute Gasteiger partial charge is 0.214 e.